The van der Waals surface area contributed by atoms with E-state index in [4.69, 9.17) is 9.47 Å². The average Bonchev–Trinajstić information content (AvgIpc) is 2.63. The highest BCUT2D eigenvalue weighted by molar-refractivity contribution is 9.10. The molecule has 6 nitrogen and oxygen atoms in total. The third kappa shape index (κ3) is 5.54. The van der Waals surface area contributed by atoms with E-state index in [0.717, 1.165) is 36.0 Å². The van der Waals surface area contributed by atoms with Crippen molar-refractivity contribution in [3.05, 3.63) is 28.0 Å². The molecule has 0 radical (unpaired) electrons. The summed E-state index contributed by atoms with van der Waals surface area (Å²) in [5, 5.41) is 0. The van der Waals surface area contributed by atoms with Gasteiger partial charge in [-0.2, -0.15) is 15.0 Å². The van der Waals surface area contributed by atoms with Gasteiger partial charge in [-0.3, -0.25) is 0 Å². The van der Waals surface area contributed by atoms with Crippen molar-refractivity contribution in [3.8, 4) is 17.5 Å². The van der Waals surface area contributed by atoms with Gasteiger partial charge < -0.3 is 14.4 Å². The van der Waals surface area contributed by atoms with Gasteiger partial charge in [0.2, 0.25) is 5.95 Å². The fraction of sp³-hybridized carbons (Fsp3) is 0.550. The first-order valence-electron chi connectivity index (χ1n) is 9.42. The van der Waals surface area contributed by atoms with E-state index in [1.807, 2.05) is 19.1 Å². The Balaban J connectivity index is 2.37. The van der Waals surface area contributed by atoms with Crippen LogP contribution in [0.15, 0.2) is 16.6 Å². The van der Waals surface area contributed by atoms with Crippen LogP contribution in [0.5, 0.6) is 17.5 Å². The zero-order valence-electron chi connectivity index (χ0n) is 17.0. The van der Waals surface area contributed by atoms with Gasteiger partial charge in [-0.25, -0.2) is 0 Å². The highest BCUT2D eigenvalue weighted by Crippen LogP contribution is 2.40. The minimum Gasteiger partial charge on any atom is -0.493 e. The van der Waals surface area contributed by atoms with E-state index in [2.05, 4.69) is 63.5 Å². The average molecular weight is 437 g/mol. The molecule has 7 heteroatoms. The minimum atomic E-state index is 0.267. The lowest BCUT2D eigenvalue weighted by Gasteiger charge is -2.21. The van der Waals surface area contributed by atoms with Crippen LogP contribution in [0.4, 0.5) is 5.95 Å². The molecule has 0 aliphatic carbocycles. The lowest BCUT2D eigenvalue weighted by Crippen LogP contribution is -2.26. The van der Waals surface area contributed by atoms with Crippen LogP contribution in [0.2, 0.25) is 0 Å². The van der Waals surface area contributed by atoms with Crippen LogP contribution in [0, 0.1) is 6.92 Å². The second-order valence-corrected chi connectivity index (χ2v) is 7.54. The van der Waals surface area contributed by atoms with Crippen molar-refractivity contribution in [2.24, 2.45) is 0 Å². The molecule has 27 heavy (non-hydrogen) atoms. The molecule has 0 aliphatic rings. The molecule has 0 spiro atoms. The van der Waals surface area contributed by atoms with Crippen molar-refractivity contribution < 1.29 is 9.47 Å². The molecule has 148 valence electrons. The van der Waals surface area contributed by atoms with Gasteiger partial charge in [-0.1, -0.05) is 27.2 Å². The fourth-order valence-corrected chi connectivity index (χ4v) is 3.18. The number of hydrogen-bond acceptors (Lipinski definition) is 6. The predicted molar refractivity (Wildman–Crippen MR) is 112 cm³/mol. The van der Waals surface area contributed by atoms with Crippen LogP contribution in [0.1, 0.15) is 57.8 Å². The first-order valence-corrected chi connectivity index (χ1v) is 10.2. The molecule has 2 rings (SSSR count). The van der Waals surface area contributed by atoms with E-state index in [1.54, 1.807) is 7.11 Å². The SMILES string of the molecule is CCCCN(CC)c1nc(C)nc(Oc2c(Br)cc(C(C)C)cc2OC)n1. The largest absolute Gasteiger partial charge is 0.493 e. The molecular formula is C20H29BrN4O2. The van der Waals surface area contributed by atoms with Gasteiger partial charge in [0.05, 0.1) is 11.6 Å². The second kappa shape index (κ2) is 9.88. The summed E-state index contributed by atoms with van der Waals surface area (Å²) in [6, 6.07) is 4.29. The monoisotopic (exact) mass is 436 g/mol. The molecule has 0 saturated carbocycles. The second-order valence-electron chi connectivity index (χ2n) is 6.69. The maximum Gasteiger partial charge on any atom is 0.327 e. The van der Waals surface area contributed by atoms with Crippen LogP contribution in [-0.4, -0.2) is 35.2 Å². The van der Waals surface area contributed by atoms with Crippen molar-refractivity contribution >= 4 is 21.9 Å². The van der Waals surface area contributed by atoms with Gasteiger partial charge in [0.25, 0.3) is 0 Å². The van der Waals surface area contributed by atoms with Gasteiger partial charge in [-0.15, -0.1) is 0 Å². The summed E-state index contributed by atoms with van der Waals surface area (Å²) in [4.78, 5) is 15.5. The van der Waals surface area contributed by atoms with Crippen molar-refractivity contribution in [2.75, 3.05) is 25.1 Å². The lowest BCUT2D eigenvalue weighted by atomic mass is 10.0. The Morgan fingerprint density at radius 1 is 1.15 bits per heavy atom. The van der Waals surface area contributed by atoms with Crippen molar-refractivity contribution in [1.82, 2.24) is 15.0 Å². The molecule has 0 aliphatic heterocycles. The van der Waals surface area contributed by atoms with Crippen molar-refractivity contribution in [2.45, 2.75) is 53.4 Å². The van der Waals surface area contributed by atoms with Crippen LogP contribution in [0.25, 0.3) is 0 Å². The summed E-state index contributed by atoms with van der Waals surface area (Å²) in [5.74, 6) is 2.86. The predicted octanol–water partition coefficient (Wildman–Crippen LogP) is 5.49. The van der Waals surface area contributed by atoms with Crippen molar-refractivity contribution in [3.63, 3.8) is 0 Å². The Bertz CT molecular complexity index is 768. The molecular weight excluding hydrogens is 408 g/mol. The summed E-state index contributed by atoms with van der Waals surface area (Å²) in [7, 11) is 1.63. The van der Waals surface area contributed by atoms with E-state index in [9.17, 15) is 0 Å². The molecule has 0 saturated heterocycles. The number of benzene rings is 1. The topological polar surface area (TPSA) is 60.4 Å². The Morgan fingerprint density at radius 3 is 2.48 bits per heavy atom. The van der Waals surface area contributed by atoms with Crippen LogP contribution in [-0.2, 0) is 0 Å². The lowest BCUT2D eigenvalue weighted by molar-refractivity contribution is 0.364. The first-order chi connectivity index (χ1) is 12.9. The number of nitrogens with zero attached hydrogens (tertiary/aromatic N) is 4. The summed E-state index contributed by atoms with van der Waals surface area (Å²) >= 11 is 3.59. The maximum absolute atomic E-state index is 6.03. The number of ether oxygens (including phenoxy) is 2. The maximum atomic E-state index is 6.03. The zero-order chi connectivity index (χ0) is 20.0. The molecule has 0 atom stereocenters. The minimum absolute atomic E-state index is 0.267. The van der Waals surface area contributed by atoms with E-state index in [0.29, 0.717) is 29.2 Å². The van der Waals surface area contributed by atoms with Gasteiger partial charge >= 0.3 is 6.01 Å². The molecule has 0 bridgehead atoms. The van der Waals surface area contributed by atoms with Crippen molar-refractivity contribution in [1.29, 1.82) is 0 Å². The van der Waals surface area contributed by atoms with Gasteiger partial charge in [0.15, 0.2) is 11.5 Å². The van der Waals surface area contributed by atoms with E-state index >= 15 is 0 Å². The first kappa shape index (κ1) is 21.4. The van der Waals surface area contributed by atoms with E-state index in [1.165, 1.54) is 0 Å². The van der Waals surface area contributed by atoms with Crippen LogP contribution >= 0.6 is 15.9 Å². The standard InChI is InChI=1S/C20H29BrN4O2/c1-7-9-10-25(8-2)19-22-14(5)23-20(24-19)27-18-16(21)11-15(13(3)4)12-17(18)26-6/h11-13H,7-10H2,1-6H3. The normalized spacial score (nSPS) is 11.0. The van der Waals surface area contributed by atoms with Crippen LogP contribution in [0.3, 0.4) is 0 Å². The summed E-state index contributed by atoms with van der Waals surface area (Å²) in [5.41, 5.74) is 1.16. The Kier molecular flexibility index (Phi) is 7.83. The number of halogens is 1. The molecule has 2 aromatic rings. The molecule has 1 aromatic carbocycles. The number of aryl methyl sites for hydroxylation is 1. The number of hydrogen-bond donors (Lipinski definition) is 0. The third-order valence-electron chi connectivity index (χ3n) is 4.27. The molecule has 0 amide bonds. The van der Waals surface area contributed by atoms with E-state index < -0.39 is 0 Å². The van der Waals surface area contributed by atoms with E-state index in [-0.39, 0.29) is 6.01 Å². The van der Waals surface area contributed by atoms with Gasteiger partial charge in [-0.05, 0) is 59.8 Å². The summed E-state index contributed by atoms with van der Waals surface area (Å²) in [6.45, 7) is 12.1. The Labute approximate surface area is 170 Å². The zero-order valence-corrected chi connectivity index (χ0v) is 18.6. The number of aromatic nitrogens is 3. The number of methoxy groups -OCH3 is 1. The number of rotatable bonds is 9. The molecule has 1 heterocycles. The third-order valence-corrected chi connectivity index (χ3v) is 4.86. The summed E-state index contributed by atoms with van der Waals surface area (Å²) in [6.07, 6.45) is 2.21. The highest BCUT2D eigenvalue weighted by Gasteiger charge is 2.17. The Morgan fingerprint density at radius 2 is 1.89 bits per heavy atom. The smallest absolute Gasteiger partial charge is 0.327 e. The van der Waals surface area contributed by atoms with Gasteiger partial charge in [0.1, 0.15) is 5.82 Å². The highest BCUT2D eigenvalue weighted by atomic mass is 79.9. The van der Waals surface area contributed by atoms with Crippen LogP contribution < -0.4 is 14.4 Å². The molecule has 1 aromatic heterocycles. The molecule has 0 unspecified atom stereocenters. The summed E-state index contributed by atoms with van der Waals surface area (Å²) < 4.78 is 12.4. The van der Waals surface area contributed by atoms with Gasteiger partial charge in [0, 0.05) is 13.1 Å². The molecule has 0 fully saturated rings. The number of unbranched alkanes of at least 4 members (excludes halogenated alkanes) is 1. The Hall–Kier alpha value is -1.89. The quantitative estimate of drug-likeness (QED) is 0.517. The molecule has 0 N–H and O–H groups in total. The fourth-order valence-electron chi connectivity index (χ4n) is 2.64. The number of anilines is 1.